The van der Waals surface area contributed by atoms with Gasteiger partial charge in [-0.2, -0.15) is 0 Å². The fourth-order valence-electron chi connectivity index (χ4n) is 2.70. The minimum Gasteiger partial charge on any atom is -0.358 e. The molecule has 1 saturated carbocycles. The van der Waals surface area contributed by atoms with Gasteiger partial charge in [0.25, 0.3) is 0 Å². The summed E-state index contributed by atoms with van der Waals surface area (Å²) in [7, 11) is 0. The maximum absolute atomic E-state index is 13.1. The van der Waals surface area contributed by atoms with E-state index in [1.165, 1.54) is 25.0 Å². The third kappa shape index (κ3) is 1.86. The summed E-state index contributed by atoms with van der Waals surface area (Å²) in [5.41, 5.74) is 1.66. The smallest absolute Gasteiger partial charge is 0.189 e. The fourth-order valence-corrected chi connectivity index (χ4v) is 2.70. The van der Waals surface area contributed by atoms with Gasteiger partial charge in [0.2, 0.25) is 0 Å². The molecular weight excluding hydrogens is 217 g/mol. The molecule has 0 aliphatic heterocycles. The van der Waals surface area contributed by atoms with Gasteiger partial charge in [-0.15, -0.1) is 0 Å². The summed E-state index contributed by atoms with van der Waals surface area (Å²) in [6.45, 7) is 0. The third-order valence-electron chi connectivity index (χ3n) is 3.61. The second kappa shape index (κ2) is 3.99. The first-order valence-electron chi connectivity index (χ1n) is 6.06. The van der Waals surface area contributed by atoms with E-state index in [1.807, 2.05) is 0 Å². The lowest BCUT2D eigenvalue weighted by atomic mass is 10.0. The molecule has 0 amide bonds. The number of halogens is 1. The monoisotopic (exact) mass is 231 g/mol. The predicted octanol–water partition coefficient (Wildman–Crippen LogP) is 3.32. The standard InChI is InChI=1S/C14H14FNO/c15-10-5-6-12-11(7-10)14(17)8-13(16-12)9-3-1-2-4-9/h5-9H,1-4H2,(H,16,17). The van der Waals surface area contributed by atoms with Gasteiger partial charge in [0, 0.05) is 22.7 Å². The summed E-state index contributed by atoms with van der Waals surface area (Å²) in [6, 6.07) is 5.96. The number of H-pyrrole nitrogens is 1. The zero-order valence-corrected chi connectivity index (χ0v) is 9.50. The molecule has 0 atom stereocenters. The predicted molar refractivity (Wildman–Crippen MR) is 65.7 cm³/mol. The second-order valence-electron chi connectivity index (χ2n) is 4.76. The molecule has 1 aromatic carbocycles. The van der Waals surface area contributed by atoms with E-state index in [1.54, 1.807) is 12.1 Å². The number of pyridine rings is 1. The van der Waals surface area contributed by atoms with E-state index in [0.29, 0.717) is 11.3 Å². The minimum atomic E-state index is -0.364. The van der Waals surface area contributed by atoms with Crippen LogP contribution in [0.15, 0.2) is 29.1 Å². The Balaban J connectivity index is 2.17. The van der Waals surface area contributed by atoms with Crippen molar-refractivity contribution in [2.75, 3.05) is 0 Å². The van der Waals surface area contributed by atoms with Gasteiger partial charge in [-0.25, -0.2) is 4.39 Å². The van der Waals surface area contributed by atoms with Crippen LogP contribution in [0, 0.1) is 5.82 Å². The van der Waals surface area contributed by atoms with Crippen molar-refractivity contribution in [3.63, 3.8) is 0 Å². The SMILES string of the molecule is O=c1cc(C2CCCC2)[nH]c2ccc(F)cc12. The molecule has 0 unspecified atom stereocenters. The van der Waals surface area contributed by atoms with Crippen molar-refractivity contribution >= 4 is 10.9 Å². The summed E-state index contributed by atoms with van der Waals surface area (Å²) in [5.74, 6) is 0.105. The summed E-state index contributed by atoms with van der Waals surface area (Å²) >= 11 is 0. The molecule has 17 heavy (non-hydrogen) atoms. The Morgan fingerprint density at radius 2 is 1.94 bits per heavy atom. The molecule has 1 aliphatic carbocycles. The lowest BCUT2D eigenvalue weighted by Crippen LogP contribution is -2.07. The molecule has 1 aliphatic rings. The third-order valence-corrected chi connectivity index (χ3v) is 3.61. The van der Waals surface area contributed by atoms with E-state index in [2.05, 4.69) is 4.98 Å². The molecule has 1 heterocycles. The first-order chi connectivity index (χ1) is 8.24. The minimum absolute atomic E-state index is 0.0832. The van der Waals surface area contributed by atoms with Crippen molar-refractivity contribution in [1.82, 2.24) is 4.98 Å². The van der Waals surface area contributed by atoms with Gasteiger partial charge in [0.15, 0.2) is 5.43 Å². The summed E-state index contributed by atoms with van der Waals surface area (Å²) in [4.78, 5) is 15.2. The molecule has 0 radical (unpaired) electrons. The van der Waals surface area contributed by atoms with E-state index in [-0.39, 0.29) is 11.2 Å². The molecular formula is C14H14FNO. The Morgan fingerprint density at radius 1 is 1.18 bits per heavy atom. The van der Waals surface area contributed by atoms with Gasteiger partial charge in [-0.1, -0.05) is 12.8 Å². The molecule has 0 bridgehead atoms. The molecule has 1 aromatic heterocycles. The van der Waals surface area contributed by atoms with E-state index in [4.69, 9.17) is 0 Å². The number of benzene rings is 1. The maximum Gasteiger partial charge on any atom is 0.189 e. The molecule has 2 aromatic rings. The number of nitrogens with one attached hydrogen (secondary N) is 1. The van der Waals surface area contributed by atoms with Crippen LogP contribution in [0.5, 0.6) is 0 Å². The molecule has 2 nitrogen and oxygen atoms in total. The Labute approximate surface area is 98.5 Å². The van der Waals surface area contributed by atoms with Crippen molar-refractivity contribution in [3.05, 3.63) is 46.0 Å². The van der Waals surface area contributed by atoms with Crippen LogP contribution in [0.4, 0.5) is 4.39 Å². The average molecular weight is 231 g/mol. The number of aromatic amines is 1. The van der Waals surface area contributed by atoms with Crippen LogP contribution >= 0.6 is 0 Å². The lowest BCUT2D eigenvalue weighted by Gasteiger charge is -2.10. The quantitative estimate of drug-likeness (QED) is 0.802. The van der Waals surface area contributed by atoms with E-state index in [9.17, 15) is 9.18 Å². The van der Waals surface area contributed by atoms with Crippen LogP contribution in [0.3, 0.4) is 0 Å². The highest BCUT2D eigenvalue weighted by Crippen LogP contribution is 2.32. The lowest BCUT2D eigenvalue weighted by molar-refractivity contribution is 0.629. The first-order valence-corrected chi connectivity index (χ1v) is 6.06. The second-order valence-corrected chi connectivity index (χ2v) is 4.76. The molecule has 1 fully saturated rings. The first kappa shape index (κ1) is 10.5. The fraction of sp³-hybridized carbons (Fsp3) is 0.357. The van der Waals surface area contributed by atoms with Crippen LogP contribution in [0.1, 0.15) is 37.3 Å². The van der Waals surface area contributed by atoms with Crippen molar-refractivity contribution in [2.45, 2.75) is 31.6 Å². The van der Waals surface area contributed by atoms with Crippen molar-refractivity contribution in [1.29, 1.82) is 0 Å². The summed E-state index contributed by atoms with van der Waals surface area (Å²) in [5, 5.41) is 0.437. The Hall–Kier alpha value is -1.64. The largest absolute Gasteiger partial charge is 0.358 e. The van der Waals surface area contributed by atoms with Crippen LogP contribution < -0.4 is 5.43 Å². The highest BCUT2D eigenvalue weighted by Gasteiger charge is 2.18. The Kier molecular flexibility index (Phi) is 2.46. The molecule has 3 heteroatoms. The Morgan fingerprint density at radius 3 is 2.71 bits per heavy atom. The normalized spacial score (nSPS) is 16.8. The van der Waals surface area contributed by atoms with Gasteiger partial charge in [0.1, 0.15) is 5.82 Å². The number of rotatable bonds is 1. The van der Waals surface area contributed by atoms with E-state index < -0.39 is 0 Å². The van der Waals surface area contributed by atoms with Gasteiger partial charge in [0.05, 0.1) is 0 Å². The van der Waals surface area contributed by atoms with Crippen LogP contribution in [0.25, 0.3) is 10.9 Å². The molecule has 3 rings (SSSR count). The van der Waals surface area contributed by atoms with E-state index in [0.717, 1.165) is 24.1 Å². The van der Waals surface area contributed by atoms with Gasteiger partial charge in [-0.3, -0.25) is 4.79 Å². The van der Waals surface area contributed by atoms with Crippen molar-refractivity contribution in [2.24, 2.45) is 0 Å². The summed E-state index contributed by atoms with van der Waals surface area (Å²) in [6.07, 6.45) is 4.74. The zero-order chi connectivity index (χ0) is 11.8. The molecule has 88 valence electrons. The number of hydrogen-bond acceptors (Lipinski definition) is 1. The van der Waals surface area contributed by atoms with Gasteiger partial charge >= 0.3 is 0 Å². The van der Waals surface area contributed by atoms with Crippen LogP contribution in [0.2, 0.25) is 0 Å². The number of aromatic nitrogens is 1. The number of fused-ring (bicyclic) bond motifs is 1. The Bertz CT molecular complexity index is 611. The zero-order valence-electron chi connectivity index (χ0n) is 9.50. The highest BCUT2D eigenvalue weighted by molar-refractivity contribution is 5.78. The van der Waals surface area contributed by atoms with Gasteiger partial charge in [-0.05, 0) is 37.0 Å². The van der Waals surface area contributed by atoms with Crippen LogP contribution in [-0.2, 0) is 0 Å². The molecule has 0 spiro atoms. The summed E-state index contributed by atoms with van der Waals surface area (Å²) < 4.78 is 13.1. The number of hydrogen-bond donors (Lipinski definition) is 1. The van der Waals surface area contributed by atoms with Crippen LogP contribution in [-0.4, -0.2) is 4.98 Å². The highest BCUT2D eigenvalue weighted by atomic mass is 19.1. The topological polar surface area (TPSA) is 32.9 Å². The molecule has 1 N–H and O–H groups in total. The molecule has 0 saturated heterocycles. The van der Waals surface area contributed by atoms with Crippen molar-refractivity contribution < 1.29 is 4.39 Å². The van der Waals surface area contributed by atoms with Gasteiger partial charge < -0.3 is 4.98 Å². The van der Waals surface area contributed by atoms with Crippen molar-refractivity contribution in [3.8, 4) is 0 Å². The maximum atomic E-state index is 13.1. The van der Waals surface area contributed by atoms with E-state index >= 15 is 0 Å². The average Bonchev–Trinajstić information content (AvgIpc) is 2.83.